The Morgan fingerprint density at radius 3 is 2.35 bits per heavy atom. The Labute approximate surface area is 105 Å². The smallest absolute Gasteiger partial charge is 0.00866 e. The molecule has 3 atom stereocenters. The summed E-state index contributed by atoms with van der Waals surface area (Å²) in [7, 11) is 0. The Bertz CT molecular complexity index is 440. The second-order valence-electron chi connectivity index (χ2n) is 6.68. The first kappa shape index (κ1) is 11.1. The summed E-state index contributed by atoms with van der Waals surface area (Å²) >= 11 is 0. The maximum Gasteiger partial charge on any atom is -0.00866 e. The van der Waals surface area contributed by atoms with Crippen LogP contribution in [0.3, 0.4) is 0 Å². The molecule has 90 valence electrons. The molecule has 0 N–H and O–H groups in total. The minimum absolute atomic E-state index is 0.428. The van der Waals surface area contributed by atoms with Crippen LogP contribution >= 0.6 is 0 Å². The van der Waals surface area contributed by atoms with Gasteiger partial charge in [0.25, 0.3) is 0 Å². The maximum atomic E-state index is 2.48. The van der Waals surface area contributed by atoms with Crippen LogP contribution in [0.4, 0.5) is 0 Å². The highest BCUT2D eigenvalue weighted by Crippen LogP contribution is 2.64. The zero-order chi connectivity index (χ0) is 12.1. The number of benzene rings is 1. The monoisotopic (exact) mass is 226 g/mol. The number of hydrogen-bond acceptors (Lipinski definition) is 0. The number of rotatable bonds is 2. The normalized spacial score (nSPS) is 37.6. The molecule has 0 nitrogen and oxygen atoms in total. The van der Waals surface area contributed by atoms with Gasteiger partial charge in [-0.15, -0.1) is 0 Å². The van der Waals surface area contributed by atoms with E-state index in [1.807, 2.05) is 0 Å². The minimum Gasteiger partial charge on any atom is -0.0840 e. The quantitative estimate of drug-likeness (QED) is 0.653. The highest BCUT2D eigenvalue weighted by atomic mass is 14.6. The maximum absolute atomic E-state index is 2.48. The van der Waals surface area contributed by atoms with E-state index < -0.39 is 0 Å². The molecule has 1 saturated carbocycles. The Morgan fingerprint density at radius 1 is 1.12 bits per heavy atom. The van der Waals surface area contributed by atoms with Gasteiger partial charge in [-0.25, -0.2) is 0 Å². The summed E-state index contributed by atoms with van der Waals surface area (Å²) in [4.78, 5) is 0. The van der Waals surface area contributed by atoms with Gasteiger partial charge in [0.15, 0.2) is 0 Å². The van der Waals surface area contributed by atoms with Gasteiger partial charge in [0, 0.05) is 0 Å². The fraction of sp³-hybridized carbons (Fsp3) is 0.529. The van der Waals surface area contributed by atoms with Gasteiger partial charge in [0.2, 0.25) is 0 Å². The van der Waals surface area contributed by atoms with E-state index in [1.54, 1.807) is 0 Å². The van der Waals surface area contributed by atoms with Crippen molar-refractivity contribution in [1.82, 2.24) is 0 Å². The largest absolute Gasteiger partial charge is 0.0840 e. The van der Waals surface area contributed by atoms with Crippen LogP contribution in [0, 0.1) is 22.7 Å². The van der Waals surface area contributed by atoms with Crippen LogP contribution < -0.4 is 0 Å². The third-order valence-electron chi connectivity index (χ3n) is 5.51. The van der Waals surface area contributed by atoms with E-state index in [1.165, 1.54) is 18.4 Å². The first-order chi connectivity index (χ1) is 8.03. The molecular weight excluding hydrogens is 204 g/mol. The highest BCUT2D eigenvalue weighted by molar-refractivity contribution is 5.26. The molecule has 0 aliphatic heterocycles. The van der Waals surface area contributed by atoms with Crippen molar-refractivity contribution in [2.24, 2.45) is 22.7 Å². The lowest BCUT2D eigenvalue weighted by Crippen LogP contribution is -2.27. The van der Waals surface area contributed by atoms with E-state index in [2.05, 4.69) is 63.3 Å². The van der Waals surface area contributed by atoms with Crippen LogP contribution in [-0.4, -0.2) is 0 Å². The van der Waals surface area contributed by atoms with Crippen molar-refractivity contribution in [2.45, 2.75) is 33.6 Å². The van der Waals surface area contributed by atoms with Crippen LogP contribution in [0.15, 0.2) is 42.5 Å². The van der Waals surface area contributed by atoms with Crippen LogP contribution in [0.2, 0.25) is 0 Å². The Kier molecular flexibility index (Phi) is 2.26. The number of fused-ring (bicyclic) bond motifs is 2. The predicted molar refractivity (Wildman–Crippen MR) is 72.8 cm³/mol. The molecule has 1 fully saturated rings. The molecule has 2 bridgehead atoms. The lowest BCUT2D eigenvalue weighted by molar-refractivity contribution is 0.179. The van der Waals surface area contributed by atoms with Crippen molar-refractivity contribution in [3.63, 3.8) is 0 Å². The van der Waals surface area contributed by atoms with Crippen molar-refractivity contribution in [3.05, 3.63) is 48.0 Å². The molecule has 3 rings (SSSR count). The van der Waals surface area contributed by atoms with Gasteiger partial charge in [0.05, 0.1) is 0 Å². The van der Waals surface area contributed by atoms with E-state index in [4.69, 9.17) is 0 Å². The molecule has 2 aliphatic carbocycles. The van der Waals surface area contributed by atoms with Gasteiger partial charge >= 0.3 is 0 Å². The summed E-state index contributed by atoms with van der Waals surface area (Å²) in [5.41, 5.74) is 2.38. The van der Waals surface area contributed by atoms with Crippen LogP contribution in [0.1, 0.15) is 32.8 Å². The molecule has 2 aliphatic rings. The lowest BCUT2D eigenvalue weighted by Gasteiger charge is -2.33. The Balaban J connectivity index is 1.83. The third kappa shape index (κ3) is 1.50. The molecule has 0 aromatic heterocycles. The molecule has 17 heavy (non-hydrogen) atoms. The van der Waals surface area contributed by atoms with Crippen molar-refractivity contribution < 1.29 is 0 Å². The molecule has 0 saturated heterocycles. The predicted octanol–water partition coefficient (Wildman–Crippen LogP) is 4.47. The fourth-order valence-electron chi connectivity index (χ4n) is 4.02. The highest BCUT2D eigenvalue weighted by Gasteiger charge is 2.57. The molecule has 0 heterocycles. The molecule has 1 aromatic carbocycles. The van der Waals surface area contributed by atoms with Gasteiger partial charge in [-0.3, -0.25) is 0 Å². The van der Waals surface area contributed by atoms with Crippen molar-refractivity contribution in [3.8, 4) is 0 Å². The fourth-order valence-corrected chi connectivity index (χ4v) is 4.02. The SMILES string of the molecule is CC12C=CC(C(Cc3ccccc3)C1)C2(C)C. The average molecular weight is 226 g/mol. The molecule has 0 spiro atoms. The van der Waals surface area contributed by atoms with Gasteiger partial charge in [0.1, 0.15) is 0 Å². The van der Waals surface area contributed by atoms with E-state index >= 15 is 0 Å². The van der Waals surface area contributed by atoms with E-state index in [0.717, 1.165) is 11.8 Å². The zero-order valence-corrected chi connectivity index (χ0v) is 11.1. The zero-order valence-electron chi connectivity index (χ0n) is 11.1. The molecular formula is C17H22. The third-order valence-corrected chi connectivity index (χ3v) is 5.51. The summed E-state index contributed by atoms with van der Waals surface area (Å²) in [5, 5.41) is 0. The summed E-state index contributed by atoms with van der Waals surface area (Å²) in [5.74, 6) is 1.61. The first-order valence-corrected chi connectivity index (χ1v) is 6.76. The van der Waals surface area contributed by atoms with Crippen molar-refractivity contribution in [1.29, 1.82) is 0 Å². The summed E-state index contributed by atoms with van der Waals surface area (Å²) in [6.07, 6.45) is 7.56. The van der Waals surface area contributed by atoms with Crippen LogP contribution in [0.5, 0.6) is 0 Å². The van der Waals surface area contributed by atoms with E-state index in [9.17, 15) is 0 Å². The summed E-state index contributed by atoms with van der Waals surface area (Å²) < 4.78 is 0. The standard InChI is InChI=1S/C17H22/c1-16(2)15-9-10-17(16,3)12-14(15)11-13-7-5-4-6-8-13/h4-10,14-15H,11-12H2,1-3H3. The summed E-state index contributed by atoms with van der Waals surface area (Å²) in [6, 6.07) is 11.0. The first-order valence-electron chi connectivity index (χ1n) is 6.76. The van der Waals surface area contributed by atoms with Gasteiger partial charge in [-0.05, 0) is 41.1 Å². The van der Waals surface area contributed by atoms with Crippen LogP contribution in [0.25, 0.3) is 0 Å². The number of hydrogen-bond donors (Lipinski definition) is 0. The minimum atomic E-state index is 0.428. The molecule has 1 aromatic rings. The topological polar surface area (TPSA) is 0 Å². The van der Waals surface area contributed by atoms with Crippen molar-refractivity contribution in [2.75, 3.05) is 0 Å². The molecule has 3 unspecified atom stereocenters. The van der Waals surface area contributed by atoms with Gasteiger partial charge in [-0.1, -0.05) is 63.3 Å². The lowest BCUT2D eigenvalue weighted by atomic mass is 9.70. The average Bonchev–Trinajstić information content (AvgIpc) is 2.61. The summed E-state index contributed by atoms with van der Waals surface area (Å²) in [6.45, 7) is 7.33. The molecule has 0 amide bonds. The van der Waals surface area contributed by atoms with E-state index in [-0.39, 0.29) is 0 Å². The van der Waals surface area contributed by atoms with E-state index in [0.29, 0.717) is 10.8 Å². The van der Waals surface area contributed by atoms with Crippen LogP contribution in [-0.2, 0) is 6.42 Å². The number of allylic oxidation sites excluding steroid dienone is 2. The van der Waals surface area contributed by atoms with Gasteiger partial charge in [-0.2, -0.15) is 0 Å². The second-order valence-corrected chi connectivity index (χ2v) is 6.68. The Hall–Kier alpha value is -1.04. The Morgan fingerprint density at radius 2 is 1.82 bits per heavy atom. The molecule has 0 radical (unpaired) electrons. The molecule has 0 heteroatoms. The van der Waals surface area contributed by atoms with Crippen molar-refractivity contribution >= 4 is 0 Å². The second kappa shape index (κ2) is 3.48. The van der Waals surface area contributed by atoms with Gasteiger partial charge < -0.3 is 0 Å².